The number of rotatable bonds is 5. The largest absolute Gasteiger partial charge is 0.481 e. The van der Waals surface area contributed by atoms with E-state index in [4.69, 9.17) is 4.74 Å². The maximum atomic E-state index is 13.0. The topological polar surface area (TPSA) is 78.9 Å². The molecule has 2 aliphatic rings. The van der Waals surface area contributed by atoms with Crippen molar-refractivity contribution in [3.8, 4) is 0 Å². The van der Waals surface area contributed by atoms with Crippen molar-refractivity contribution in [2.24, 2.45) is 11.3 Å². The van der Waals surface area contributed by atoms with Gasteiger partial charge in [-0.3, -0.25) is 9.59 Å². The first-order valence-corrected chi connectivity index (χ1v) is 7.80. The second kappa shape index (κ2) is 6.75. The maximum absolute atomic E-state index is 13.0. The lowest BCUT2D eigenvalue weighted by Gasteiger charge is -2.41. The average Bonchev–Trinajstić information content (AvgIpc) is 2.96. The fraction of sp³-hybridized carbons (Fsp3) is 0.867. The summed E-state index contributed by atoms with van der Waals surface area (Å²) < 4.78 is 5.29. The molecular weight excluding hydrogens is 272 g/mol. The van der Waals surface area contributed by atoms with E-state index >= 15 is 0 Å². The molecule has 3 unspecified atom stereocenters. The summed E-state index contributed by atoms with van der Waals surface area (Å²) in [6.45, 7) is 4.23. The van der Waals surface area contributed by atoms with Gasteiger partial charge in [0.15, 0.2) is 0 Å². The first kappa shape index (κ1) is 16.2. The summed E-state index contributed by atoms with van der Waals surface area (Å²) >= 11 is 0. The van der Waals surface area contributed by atoms with Gasteiger partial charge in [-0.25, -0.2) is 0 Å². The van der Waals surface area contributed by atoms with Gasteiger partial charge in [0.25, 0.3) is 0 Å². The van der Waals surface area contributed by atoms with E-state index in [9.17, 15) is 14.7 Å². The van der Waals surface area contributed by atoms with E-state index in [2.05, 4.69) is 12.2 Å². The lowest BCUT2D eigenvalue weighted by molar-refractivity contribution is -0.149. The summed E-state index contributed by atoms with van der Waals surface area (Å²) in [5.74, 6) is -1.43. The third-order valence-corrected chi connectivity index (χ3v) is 4.84. The number of hydrogen-bond donors (Lipinski definition) is 2. The van der Waals surface area contributed by atoms with Crippen LogP contribution in [0.1, 0.15) is 32.6 Å². The van der Waals surface area contributed by atoms with Crippen LogP contribution in [0.25, 0.3) is 0 Å². The molecule has 0 aromatic carbocycles. The molecule has 2 rings (SSSR count). The summed E-state index contributed by atoms with van der Waals surface area (Å²) in [5.41, 5.74) is -0.382. The molecule has 2 fully saturated rings. The molecule has 120 valence electrons. The van der Waals surface area contributed by atoms with E-state index in [1.54, 1.807) is 11.9 Å². The maximum Gasteiger partial charge on any atom is 0.311 e. The van der Waals surface area contributed by atoms with Crippen LogP contribution in [0.2, 0.25) is 0 Å². The monoisotopic (exact) mass is 298 g/mol. The second-order valence-corrected chi connectivity index (χ2v) is 6.28. The molecule has 0 radical (unpaired) electrons. The molecule has 1 amide bonds. The summed E-state index contributed by atoms with van der Waals surface area (Å²) in [7, 11) is 1.73. The molecule has 0 aliphatic carbocycles. The van der Waals surface area contributed by atoms with Gasteiger partial charge in [0.05, 0.1) is 24.7 Å². The van der Waals surface area contributed by atoms with Crippen LogP contribution in [0.4, 0.5) is 0 Å². The number of carboxylic acid groups (broad SMARTS) is 1. The molecule has 0 saturated carbocycles. The van der Waals surface area contributed by atoms with Crippen molar-refractivity contribution >= 4 is 11.9 Å². The zero-order valence-corrected chi connectivity index (χ0v) is 12.9. The number of nitrogens with one attached hydrogen (secondary N) is 1. The molecule has 6 heteroatoms. The van der Waals surface area contributed by atoms with E-state index in [1.165, 1.54) is 0 Å². The number of carbonyl (C=O) groups excluding carboxylic acids is 1. The van der Waals surface area contributed by atoms with Crippen molar-refractivity contribution in [1.29, 1.82) is 0 Å². The number of piperidine rings is 1. The van der Waals surface area contributed by atoms with Gasteiger partial charge in [-0.2, -0.15) is 0 Å². The molecule has 2 saturated heterocycles. The minimum Gasteiger partial charge on any atom is -0.481 e. The zero-order chi connectivity index (χ0) is 15.5. The van der Waals surface area contributed by atoms with Gasteiger partial charge in [0, 0.05) is 13.6 Å². The van der Waals surface area contributed by atoms with Crippen LogP contribution in [-0.2, 0) is 14.3 Å². The van der Waals surface area contributed by atoms with Gasteiger partial charge in [-0.15, -0.1) is 0 Å². The minimum atomic E-state index is -0.886. The molecule has 2 N–H and O–H groups in total. The lowest BCUT2D eigenvalue weighted by Crippen LogP contribution is -2.55. The van der Waals surface area contributed by atoms with Gasteiger partial charge in [-0.1, -0.05) is 13.3 Å². The first-order chi connectivity index (χ1) is 10.0. The fourth-order valence-corrected chi connectivity index (χ4v) is 3.63. The molecule has 0 bridgehead atoms. The smallest absolute Gasteiger partial charge is 0.311 e. The lowest BCUT2D eigenvalue weighted by atomic mass is 9.75. The Kier molecular flexibility index (Phi) is 5.22. The number of carboxylic acids is 1. The van der Waals surface area contributed by atoms with E-state index in [-0.39, 0.29) is 24.0 Å². The third kappa shape index (κ3) is 3.21. The Morgan fingerprint density at radius 1 is 1.43 bits per heavy atom. The van der Waals surface area contributed by atoms with Crippen LogP contribution in [0, 0.1) is 11.3 Å². The van der Waals surface area contributed by atoms with E-state index < -0.39 is 11.9 Å². The van der Waals surface area contributed by atoms with Crippen LogP contribution < -0.4 is 5.32 Å². The van der Waals surface area contributed by atoms with Crippen LogP contribution >= 0.6 is 0 Å². The highest BCUT2D eigenvalue weighted by Gasteiger charge is 2.45. The van der Waals surface area contributed by atoms with Crippen LogP contribution in [0.3, 0.4) is 0 Å². The molecular formula is C15H26N2O4. The van der Waals surface area contributed by atoms with Gasteiger partial charge in [0.2, 0.25) is 5.91 Å². The standard InChI is InChI=1S/C15H26N2O4/c1-3-5-15(6-4-7-16-10-15)14(20)17(2)12-9-21-8-11(12)13(18)19/h11-12,16H,3-10H2,1-2H3,(H,18,19). The number of ether oxygens (including phenoxy) is 1. The summed E-state index contributed by atoms with van der Waals surface area (Å²) in [4.78, 5) is 25.9. The number of amides is 1. The van der Waals surface area contributed by atoms with E-state index in [1.807, 2.05) is 0 Å². The highest BCUT2D eigenvalue weighted by molar-refractivity contribution is 5.84. The molecule has 2 aliphatic heterocycles. The fourth-order valence-electron chi connectivity index (χ4n) is 3.63. The molecule has 3 atom stereocenters. The molecule has 0 aromatic heterocycles. The van der Waals surface area contributed by atoms with Crippen LogP contribution in [0.15, 0.2) is 0 Å². The first-order valence-electron chi connectivity index (χ1n) is 7.80. The normalized spacial score (nSPS) is 32.9. The highest BCUT2D eigenvalue weighted by Crippen LogP contribution is 2.35. The van der Waals surface area contributed by atoms with Crippen LogP contribution in [-0.4, -0.2) is 61.3 Å². The predicted molar refractivity (Wildman–Crippen MR) is 77.9 cm³/mol. The Bertz CT molecular complexity index is 388. The average molecular weight is 298 g/mol. The van der Waals surface area contributed by atoms with E-state index in [0.717, 1.165) is 32.2 Å². The van der Waals surface area contributed by atoms with Crippen molar-refractivity contribution < 1.29 is 19.4 Å². The Morgan fingerprint density at radius 2 is 2.19 bits per heavy atom. The van der Waals surface area contributed by atoms with E-state index in [0.29, 0.717) is 13.2 Å². The predicted octanol–water partition coefficient (Wildman–Crippen LogP) is 0.714. The summed E-state index contributed by atoms with van der Waals surface area (Å²) in [6, 6.07) is -0.356. The molecule has 21 heavy (non-hydrogen) atoms. The van der Waals surface area contributed by atoms with Gasteiger partial charge < -0.3 is 20.1 Å². The number of aliphatic carboxylic acids is 1. The molecule has 2 heterocycles. The van der Waals surface area contributed by atoms with Crippen molar-refractivity contribution in [3.63, 3.8) is 0 Å². The van der Waals surface area contributed by atoms with Crippen molar-refractivity contribution in [2.75, 3.05) is 33.4 Å². The van der Waals surface area contributed by atoms with Crippen molar-refractivity contribution in [2.45, 2.75) is 38.6 Å². The summed E-state index contributed by atoms with van der Waals surface area (Å²) in [5, 5.41) is 12.6. The van der Waals surface area contributed by atoms with Crippen LogP contribution in [0.5, 0.6) is 0 Å². The van der Waals surface area contributed by atoms with Gasteiger partial charge in [0.1, 0.15) is 5.92 Å². The second-order valence-electron chi connectivity index (χ2n) is 6.28. The van der Waals surface area contributed by atoms with Gasteiger partial charge >= 0.3 is 5.97 Å². The molecule has 0 aromatic rings. The Labute approximate surface area is 125 Å². The SMILES string of the molecule is CCCC1(C(=O)N(C)C2COCC2C(=O)O)CCCNC1. The summed E-state index contributed by atoms with van der Waals surface area (Å²) in [6.07, 6.45) is 3.66. The van der Waals surface area contributed by atoms with Crippen molar-refractivity contribution in [1.82, 2.24) is 10.2 Å². The quantitative estimate of drug-likeness (QED) is 0.781. The highest BCUT2D eigenvalue weighted by atomic mass is 16.5. The third-order valence-electron chi connectivity index (χ3n) is 4.84. The number of nitrogens with zero attached hydrogens (tertiary/aromatic N) is 1. The minimum absolute atomic E-state index is 0.0679. The number of hydrogen-bond acceptors (Lipinski definition) is 4. The number of carbonyl (C=O) groups is 2. The Morgan fingerprint density at radius 3 is 2.76 bits per heavy atom. The van der Waals surface area contributed by atoms with Crippen molar-refractivity contribution in [3.05, 3.63) is 0 Å². The molecule has 6 nitrogen and oxygen atoms in total. The Hall–Kier alpha value is -1.14. The molecule has 0 spiro atoms. The van der Waals surface area contributed by atoms with Gasteiger partial charge in [-0.05, 0) is 25.8 Å². The zero-order valence-electron chi connectivity index (χ0n) is 12.9. The number of likely N-dealkylation sites (N-methyl/N-ethyl adjacent to an activating group) is 1. The Balaban J connectivity index is 2.14.